The highest BCUT2D eigenvalue weighted by molar-refractivity contribution is 6.07. The Kier molecular flexibility index (Phi) is 4.94. The number of aryl methyl sites for hydroxylation is 1. The lowest BCUT2D eigenvalue weighted by Gasteiger charge is -2.30. The summed E-state index contributed by atoms with van der Waals surface area (Å²) in [4.78, 5) is 26.4. The number of amides is 2. The summed E-state index contributed by atoms with van der Waals surface area (Å²) in [6.45, 7) is 2.71. The third-order valence-corrected chi connectivity index (χ3v) is 4.22. The van der Waals surface area contributed by atoms with E-state index in [2.05, 4.69) is 5.32 Å². The summed E-state index contributed by atoms with van der Waals surface area (Å²) in [7, 11) is 0. The normalized spacial score (nSPS) is 13.3. The van der Waals surface area contributed by atoms with E-state index < -0.39 is 0 Å². The molecule has 4 nitrogen and oxygen atoms in total. The Labute approximate surface area is 142 Å². The second kappa shape index (κ2) is 7.30. The van der Waals surface area contributed by atoms with Crippen LogP contribution in [0.5, 0.6) is 0 Å². The van der Waals surface area contributed by atoms with Gasteiger partial charge in [-0.1, -0.05) is 25.1 Å². The fraction of sp³-hybridized carbons (Fsp3) is 0.300. The van der Waals surface area contributed by atoms with E-state index in [1.807, 2.05) is 60.4 Å². The van der Waals surface area contributed by atoms with Crippen LogP contribution >= 0.6 is 0 Å². The molecular weight excluding hydrogens is 300 g/mol. The smallest absolute Gasteiger partial charge is 0.258 e. The highest BCUT2D eigenvalue weighted by Crippen LogP contribution is 2.31. The van der Waals surface area contributed by atoms with E-state index in [0.717, 1.165) is 42.7 Å². The zero-order valence-electron chi connectivity index (χ0n) is 13.9. The first kappa shape index (κ1) is 16.2. The molecule has 0 spiro atoms. The molecule has 124 valence electrons. The Morgan fingerprint density at radius 3 is 2.67 bits per heavy atom. The number of carbonyl (C=O) groups is 2. The van der Waals surface area contributed by atoms with Gasteiger partial charge < -0.3 is 10.2 Å². The number of rotatable bonds is 4. The van der Waals surface area contributed by atoms with Crippen molar-refractivity contribution >= 4 is 23.2 Å². The molecule has 0 bridgehead atoms. The predicted octanol–water partition coefficient (Wildman–Crippen LogP) is 4.02. The number of nitrogens with zero attached hydrogens (tertiary/aromatic N) is 1. The fourth-order valence-electron chi connectivity index (χ4n) is 3.07. The first-order chi connectivity index (χ1) is 11.7. The van der Waals surface area contributed by atoms with Crippen molar-refractivity contribution in [3.8, 4) is 0 Å². The highest BCUT2D eigenvalue weighted by Gasteiger charge is 2.23. The van der Waals surface area contributed by atoms with Crippen LogP contribution in [0.25, 0.3) is 0 Å². The Morgan fingerprint density at radius 2 is 1.92 bits per heavy atom. The summed E-state index contributed by atoms with van der Waals surface area (Å²) >= 11 is 0. The molecule has 2 aromatic carbocycles. The van der Waals surface area contributed by atoms with Crippen molar-refractivity contribution in [1.29, 1.82) is 0 Å². The minimum Gasteiger partial charge on any atom is -0.326 e. The van der Waals surface area contributed by atoms with E-state index in [9.17, 15) is 9.59 Å². The van der Waals surface area contributed by atoms with Gasteiger partial charge in [0.2, 0.25) is 5.91 Å². The van der Waals surface area contributed by atoms with Gasteiger partial charge in [0.1, 0.15) is 0 Å². The van der Waals surface area contributed by atoms with E-state index in [4.69, 9.17) is 0 Å². The molecule has 2 aromatic rings. The van der Waals surface area contributed by atoms with Crippen LogP contribution < -0.4 is 10.2 Å². The summed E-state index contributed by atoms with van der Waals surface area (Å²) < 4.78 is 0. The molecule has 0 aromatic heterocycles. The summed E-state index contributed by atoms with van der Waals surface area (Å²) in [5, 5.41) is 2.93. The van der Waals surface area contributed by atoms with Crippen molar-refractivity contribution in [2.45, 2.75) is 32.6 Å². The maximum absolute atomic E-state index is 12.8. The third kappa shape index (κ3) is 3.48. The number of anilines is 2. The molecular formula is C20H22N2O2. The molecule has 1 N–H and O–H groups in total. The quantitative estimate of drug-likeness (QED) is 0.924. The molecule has 0 aliphatic carbocycles. The van der Waals surface area contributed by atoms with Crippen molar-refractivity contribution < 1.29 is 9.59 Å². The molecule has 0 saturated heterocycles. The van der Waals surface area contributed by atoms with Crippen molar-refractivity contribution in [3.63, 3.8) is 0 Å². The van der Waals surface area contributed by atoms with Crippen LogP contribution in [0, 0.1) is 0 Å². The standard InChI is InChI=1S/C20H22N2O2/c1-2-7-19(23)21-17-11-12-18-16(14-17)10-6-13-22(18)20(24)15-8-4-3-5-9-15/h3-5,8-9,11-12,14H,2,6-7,10,13H2,1H3,(H,21,23). The van der Waals surface area contributed by atoms with Crippen molar-refractivity contribution in [2.24, 2.45) is 0 Å². The SMILES string of the molecule is CCCC(=O)Nc1ccc2c(c1)CCCN2C(=O)c1ccccc1. The van der Waals surface area contributed by atoms with Gasteiger partial charge in [-0.3, -0.25) is 9.59 Å². The topological polar surface area (TPSA) is 49.4 Å². The van der Waals surface area contributed by atoms with E-state index in [-0.39, 0.29) is 11.8 Å². The highest BCUT2D eigenvalue weighted by atomic mass is 16.2. The molecule has 3 rings (SSSR count). The predicted molar refractivity (Wildman–Crippen MR) is 96.4 cm³/mol. The van der Waals surface area contributed by atoms with Crippen LogP contribution in [0.3, 0.4) is 0 Å². The second-order valence-corrected chi connectivity index (χ2v) is 6.07. The number of hydrogen-bond acceptors (Lipinski definition) is 2. The molecule has 1 aliphatic rings. The molecule has 0 fully saturated rings. The van der Waals surface area contributed by atoms with Gasteiger partial charge in [0.15, 0.2) is 0 Å². The van der Waals surface area contributed by atoms with E-state index >= 15 is 0 Å². The monoisotopic (exact) mass is 322 g/mol. The van der Waals surface area contributed by atoms with Gasteiger partial charge in [0.25, 0.3) is 5.91 Å². The zero-order valence-corrected chi connectivity index (χ0v) is 13.9. The summed E-state index contributed by atoms with van der Waals surface area (Å²) in [5.74, 6) is 0.0600. The summed E-state index contributed by atoms with van der Waals surface area (Å²) in [5.41, 5.74) is 3.57. The number of fused-ring (bicyclic) bond motifs is 1. The molecule has 4 heteroatoms. The average molecular weight is 322 g/mol. The van der Waals surface area contributed by atoms with Gasteiger partial charge in [-0.2, -0.15) is 0 Å². The molecule has 1 aliphatic heterocycles. The Balaban J connectivity index is 1.83. The Morgan fingerprint density at radius 1 is 1.12 bits per heavy atom. The maximum atomic E-state index is 12.8. The van der Waals surface area contributed by atoms with E-state index in [1.165, 1.54) is 0 Å². The van der Waals surface area contributed by atoms with Gasteiger partial charge in [-0.15, -0.1) is 0 Å². The molecule has 0 atom stereocenters. The first-order valence-electron chi connectivity index (χ1n) is 8.48. The Bertz CT molecular complexity index is 741. The minimum atomic E-state index is 0.0271. The lowest BCUT2D eigenvalue weighted by molar-refractivity contribution is -0.116. The van der Waals surface area contributed by atoms with Gasteiger partial charge in [0, 0.05) is 29.9 Å². The van der Waals surface area contributed by atoms with E-state index in [1.54, 1.807) is 0 Å². The largest absolute Gasteiger partial charge is 0.326 e. The van der Waals surface area contributed by atoms with Crippen LogP contribution in [0.1, 0.15) is 42.1 Å². The lowest BCUT2D eigenvalue weighted by Crippen LogP contribution is -2.35. The minimum absolute atomic E-state index is 0.0271. The number of nitrogens with one attached hydrogen (secondary N) is 1. The van der Waals surface area contributed by atoms with Gasteiger partial charge in [-0.05, 0) is 55.2 Å². The van der Waals surface area contributed by atoms with Gasteiger partial charge >= 0.3 is 0 Å². The molecule has 0 radical (unpaired) electrons. The van der Waals surface area contributed by atoms with Crippen LogP contribution in [-0.4, -0.2) is 18.4 Å². The second-order valence-electron chi connectivity index (χ2n) is 6.07. The third-order valence-electron chi connectivity index (χ3n) is 4.22. The number of benzene rings is 2. The van der Waals surface area contributed by atoms with Crippen LogP contribution in [0.4, 0.5) is 11.4 Å². The van der Waals surface area contributed by atoms with Crippen molar-refractivity contribution in [1.82, 2.24) is 0 Å². The van der Waals surface area contributed by atoms with Crippen molar-refractivity contribution in [3.05, 3.63) is 59.7 Å². The number of hydrogen-bond donors (Lipinski definition) is 1. The van der Waals surface area contributed by atoms with Crippen LogP contribution in [0.15, 0.2) is 48.5 Å². The van der Waals surface area contributed by atoms with Crippen LogP contribution in [0.2, 0.25) is 0 Å². The zero-order chi connectivity index (χ0) is 16.9. The average Bonchev–Trinajstić information content (AvgIpc) is 2.61. The van der Waals surface area contributed by atoms with Crippen molar-refractivity contribution in [2.75, 3.05) is 16.8 Å². The van der Waals surface area contributed by atoms with Gasteiger partial charge in [-0.25, -0.2) is 0 Å². The fourth-order valence-corrected chi connectivity index (χ4v) is 3.07. The van der Waals surface area contributed by atoms with Gasteiger partial charge in [0.05, 0.1) is 0 Å². The lowest BCUT2D eigenvalue weighted by atomic mass is 10.00. The van der Waals surface area contributed by atoms with E-state index in [0.29, 0.717) is 12.0 Å². The molecule has 1 heterocycles. The summed E-state index contributed by atoms with van der Waals surface area (Å²) in [6, 6.07) is 15.2. The molecule has 0 unspecified atom stereocenters. The Hall–Kier alpha value is -2.62. The molecule has 24 heavy (non-hydrogen) atoms. The van der Waals surface area contributed by atoms with Crippen LogP contribution in [-0.2, 0) is 11.2 Å². The molecule has 2 amide bonds. The maximum Gasteiger partial charge on any atom is 0.258 e. The summed E-state index contributed by atoms with van der Waals surface area (Å²) in [6.07, 6.45) is 3.20. The first-order valence-corrected chi connectivity index (χ1v) is 8.48. The molecule has 0 saturated carbocycles. The number of carbonyl (C=O) groups excluding carboxylic acids is 2.